The number of hydrogen-bond donors (Lipinski definition) is 0. The molecule has 0 bridgehead atoms. The molecule has 3 nitrogen and oxygen atoms in total. The van der Waals surface area contributed by atoms with Gasteiger partial charge in [-0.3, -0.25) is 9.59 Å². The Kier molecular flexibility index (Phi) is 2.37. The Labute approximate surface area is 88.0 Å². The van der Waals surface area contributed by atoms with Gasteiger partial charge in [-0.05, 0) is 11.6 Å². The van der Waals surface area contributed by atoms with Crippen LogP contribution in [-0.4, -0.2) is 11.8 Å². The normalized spacial score (nSPS) is 15.9. The number of para-hydroxylation sites is 1. The molecule has 0 atom stereocenters. The molecule has 2 rings (SSSR count). The average Bonchev–Trinajstić information content (AvgIpc) is 2.59. The van der Waals surface area contributed by atoms with E-state index in [-0.39, 0.29) is 11.8 Å². The van der Waals surface area contributed by atoms with Crippen molar-refractivity contribution in [3.63, 3.8) is 0 Å². The number of nitrogens with zero attached hydrogens (tertiary/aromatic N) is 1. The third kappa shape index (κ3) is 1.56. The van der Waals surface area contributed by atoms with Gasteiger partial charge in [-0.1, -0.05) is 30.9 Å². The lowest BCUT2D eigenvalue weighted by Crippen LogP contribution is -2.29. The van der Waals surface area contributed by atoms with E-state index in [0.717, 1.165) is 5.56 Å². The van der Waals surface area contributed by atoms with E-state index in [9.17, 15) is 9.59 Å². The van der Waals surface area contributed by atoms with Crippen LogP contribution in [0.2, 0.25) is 0 Å². The van der Waals surface area contributed by atoms with Gasteiger partial charge in [-0.15, -0.1) is 0 Å². The molecule has 15 heavy (non-hydrogen) atoms. The Morgan fingerprint density at radius 2 is 1.73 bits per heavy atom. The van der Waals surface area contributed by atoms with Gasteiger partial charge in [0.25, 0.3) is 0 Å². The summed E-state index contributed by atoms with van der Waals surface area (Å²) in [5.74, 6) is -0.261. The van der Waals surface area contributed by atoms with Crippen LogP contribution in [0.3, 0.4) is 0 Å². The Morgan fingerprint density at radius 1 is 1.13 bits per heavy atom. The van der Waals surface area contributed by atoms with Crippen LogP contribution < -0.4 is 4.90 Å². The molecule has 0 aromatic heterocycles. The SMILES string of the molecule is C=Cc1ccccc1N1C(=O)CCC1=O. The van der Waals surface area contributed by atoms with E-state index < -0.39 is 0 Å². The Balaban J connectivity index is 2.48. The minimum atomic E-state index is -0.130. The van der Waals surface area contributed by atoms with Gasteiger partial charge in [0.05, 0.1) is 5.69 Å². The number of carbonyl (C=O) groups is 2. The van der Waals surface area contributed by atoms with Crippen molar-refractivity contribution in [3.05, 3.63) is 36.4 Å². The molecule has 0 spiro atoms. The topological polar surface area (TPSA) is 37.4 Å². The highest BCUT2D eigenvalue weighted by Crippen LogP contribution is 2.26. The van der Waals surface area contributed by atoms with Gasteiger partial charge in [0, 0.05) is 12.8 Å². The summed E-state index contributed by atoms with van der Waals surface area (Å²) < 4.78 is 0. The lowest BCUT2D eigenvalue weighted by atomic mass is 10.1. The summed E-state index contributed by atoms with van der Waals surface area (Å²) in [7, 11) is 0. The molecular formula is C12H11NO2. The van der Waals surface area contributed by atoms with Gasteiger partial charge in [-0.2, -0.15) is 0 Å². The molecule has 1 aliphatic heterocycles. The van der Waals surface area contributed by atoms with E-state index in [1.165, 1.54) is 4.90 Å². The standard InChI is InChI=1S/C12H11NO2/c1-2-9-5-3-4-6-10(9)13-11(14)7-8-12(13)15/h2-6H,1,7-8H2. The van der Waals surface area contributed by atoms with Crippen molar-refractivity contribution in [2.75, 3.05) is 4.90 Å². The molecule has 1 saturated heterocycles. The average molecular weight is 201 g/mol. The van der Waals surface area contributed by atoms with Crippen LogP contribution in [0.15, 0.2) is 30.8 Å². The van der Waals surface area contributed by atoms with Crippen molar-refractivity contribution in [1.82, 2.24) is 0 Å². The van der Waals surface area contributed by atoms with Gasteiger partial charge in [-0.25, -0.2) is 4.90 Å². The van der Waals surface area contributed by atoms with Gasteiger partial charge in [0.2, 0.25) is 11.8 Å². The van der Waals surface area contributed by atoms with Gasteiger partial charge < -0.3 is 0 Å². The van der Waals surface area contributed by atoms with Crippen LogP contribution in [0.1, 0.15) is 18.4 Å². The smallest absolute Gasteiger partial charge is 0.234 e. The predicted octanol–water partition coefficient (Wildman–Crippen LogP) is 1.98. The van der Waals surface area contributed by atoms with Crippen molar-refractivity contribution < 1.29 is 9.59 Å². The highest BCUT2D eigenvalue weighted by atomic mass is 16.2. The molecule has 0 saturated carbocycles. The maximum absolute atomic E-state index is 11.5. The highest BCUT2D eigenvalue weighted by Gasteiger charge is 2.30. The van der Waals surface area contributed by atoms with Gasteiger partial charge >= 0.3 is 0 Å². The second kappa shape index (κ2) is 3.69. The first-order valence-electron chi connectivity index (χ1n) is 4.81. The van der Waals surface area contributed by atoms with Crippen molar-refractivity contribution in [3.8, 4) is 0 Å². The molecule has 0 radical (unpaired) electrons. The molecular weight excluding hydrogens is 190 g/mol. The number of imide groups is 1. The van der Waals surface area contributed by atoms with Crippen molar-refractivity contribution in [2.45, 2.75) is 12.8 Å². The molecule has 0 aliphatic carbocycles. The zero-order chi connectivity index (χ0) is 10.8. The lowest BCUT2D eigenvalue weighted by molar-refractivity contribution is -0.121. The van der Waals surface area contributed by atoms with Gasteiger partial charge in [0.15, 0.2) is 0 Å². The van der Waals surface area contributed by atoms with Crippen LogP contribution in [0.4, 0.5) is 5.69 Å². The number of amides is 2. The van der Waals surface area contributed by atoms with E-state index >= 15 is 0 Å². The highest BCUT2D eigenvalue weighted by molar-refractivity contribution is 6.20. The lowest BCUT2D eigenvalue weighted by Gasteiger charge is -2.16. The monoisotopic (exact) mass is 201 g/mol. The van der Waals surface area contributed by atoms with E-state index in [1.807, 2.05) is 12.1 Å². The quantitative estimate of drug-likeness (QED) is 0.686. The number of hydrogen-bond acceptors (Lipinski definition) is 2. The van der Waals surface area contributed by atoms with Crippen molar-refractivity contribution in [1.29, 1.82) is 0 Å². The first-order chi connectivity index (χ1) is 7.24. The van der Waals surface area contributed by atoms with Crippen LogP contribution in [0.25, 0.3) is 6.08 Å². The fourth-order valence-corrected chi connectivity index (χ4v) is 1.71. The zero-order valence-corrected chi connectivity index (χ0v) is 8.27. The minimum Gasteiger partial charge on any atom is -0.274 e. The predicted molar refractivity (Wildman–Crippen MR) is 58.3 cm³/mol. The first-order valence-corrected chi connectivity index (χ1v) is 4.81. The Bertz CT molecular complexity index is 421. The molecule has 3 heteroatoms. The number of benzene rings is 1. The molecule has 0 unspecified atom stereocenters. The van der Waals surface area contributed by atoms with Crippen LogP contribution in [-0.2, 0) is 9.59 Å². The summed E-state index contributed by atoms with van der Waals surface area (Å²) in [6, 6.07) is 7.26. The number of anilines is 1. The maximum atomic E-state index is 11.5. The third-order valence-corrected chi connectivity index (χ3v) is 2.45. The molecule has 1 heterocycles. The molecule has 2 amide bonds. The molecule has 1 aromatic carbocycles. The largest absolute Gasteiger partial charge is 0.274 e. The van der Waals surface area contributed by atoms with Crippen LogP contribution >= 0.6 is 0 Å². The first kappa shape index (κ1) is 9.65. The zero-order valence-electron chi connectivity index (χ0n) is 8.27. The summed E-state index contributed by atoms with van der Waals surface area (Å²) >= 11 is 0. The number of carbonyl (C=O) groups excluding carboxylic acids is 2. The summed E-state index contributed by atoms with van der Waals surface area (Å²) in [6.45, 7) is 3.66. The molecule has 1 aliphatic rings. The summed E-state index contributed by atoms with van der Waals surface area (Å²) in [5, 5.41) is 0. The molecule has 1 aromatic rings. The maximum Gasteiger partial charge on any atom is 0.234 e. The second-order valence-electron chi connectivity index (χ2n) is 3.39. The van der Waals surface area contributed by atoms with E-state index in [1.54, 1.807) is 18.2 Å². The number of rotatable bonds is 2. The summed E-state index contributed by atoms with van der Waals surface area (Å²) in [4.78, 5) is 24.3. The van der Waals surface area contributed by atoms with Gasteiger partial charge in [0.1, 0.15) is 0 Å². The molecule has 0 N–H and O–H groups in total. The van der Waals surface area contributed by atoms with E-state index in [0.29, 0.717) is 18.5 Å². The minimum absolute atomic E-state index is 0.130. The van der Waals surface area contributed by atoms with E-state index in [2.05, 4.69) is 6.58 Å². The fourth-order valence-electron chi connectivity index (χ4n) is 1.71. The van der Waals surface area contributed by atoms with Crippen molar-refractivity contribution in [2.24, 2.45) is 0 Å². The summed E-state index contributed by atoms with van der Waals surface area (Å²) in [6.07, 6.45) is 2.27. The van der Waals surface area contributed by atoms with Crippen LogP contribution in [0, 0.1) is 0 Å². The second-order valence-corrected chi connectivity index (χ2v) is 3.39. The fraction of sp³-hybridized carbons (Fsp3) is 0.167. The Hall–Kier alpha value is -1.90. The third-order valence-electron chi connectivity index (χ3n) is 2.45. The van der Waals surface area contributed by atoms with Crippen molar-refractivity contribution >= 4 is 23.6 Å². The summed E-state index contributed by atoms with van der Waals surface area (Å²) in [5.41, 5.74) is 1.45. The van der Waals surface area contributed by atoms with Crippen LogP contribution in [0.5, 0.6) is 0 Å². The van der Waals surface area contributed by atoms with E-state index in [4.69, 9.17) is 0 Å². The Morgan fingerprint density at radius 3 is 2.33 bits per heavy atom. The molecule has 1 fully saturated rings. The molecule has 76 valence electrons.